The topological polar surface area (TPSA) is 24.9 Å². The summed E-state index contributed by atoms with van der Waals surface area (Å²) >= 11 is 0. The van der Waals surface area contributed by atoms with E-state index in [1.807, 2.05) is 19.3 Å². The summed E-state index contributed by atoms with van der Waals surface area (Å²) < 4.78 is 0. The van der Waals surface area contributed by atoms with E-state index in [2.05, 4.69) is 23.8 Å². The van der Waals surface area contributed by atoms with Crippen LogP contribution in [-0.2, 0) is 0 Å². The number of pyridine rings is 1. The average molecular weight is 192 g/mol. The van der Waals surface area contributed by atoms with Gasteiger partial charge >= 0.3 is 0 Å². The molecule has 78 valence electrons. The number of rotatable bonds is 5. The Hall–Kier alpha value is -1.31. The Balaban J connectivity index is 0.00000196. The maximum absolute atomic E-state index is 4.12. The zero-order chi connectivity index (χ0) is 10.4. The highest BCUT2D eigenvalue weighted by Gasteiger charge is 2.03. The van der Waals surface area contributed by atoms with E-state index in [4.69, 9.17) is 0 Å². The van der Waals surface area contributed by atoms with Crippen LogP contribution in [0.5, 0.6) is 0 Å². The van der Waals surface area contributed by atoms with Gasteiger partial charge in [-0.3, -0.25) is 4.98 Å². The summed E-state index contributed by atoms with van der Waals surface area (Å²) in [6, 6.07) is 1.98. The number of nitrogens with one attached hydrogen (secondary N) is 1. The second-order valence-electron chi connectivity index (χ2n) is 3.38. The van der Waals surface area contributed by atoms with Crippen LogP contribution >= 0.6 is 0 Å². The SMILES string of the molecule is C=C(CCCC)c1cnccc1NC.[HH]. The van der Waals surface area contributed by atoms with Crippen LogP contribution in [0.3, 0.4) is 0 Å². The average Bonchev–Trinajstić information content (AvgIpc) is 2.25. The summed E-state index contributed by atoms with van der Waals surface area (Å²) in [4.78, 5) is 4.12. The minimum absolute atomic E-state index is 0. The van der Waals surface area contributed by atoms with Crippen LogP contribution in [0.1, 0.15) is 33.2 Å². The molecule has 0 saturated heterocycles. The molecule has 0 atom stereocenters. The molecule has 0 aliphatic heterocycles. The summed E-state index contributed by atoms with van der Waals surface area (Å²) in [6.07, 6.45) is 7.12. The van der Waals surface area contributed by atoms with Gasteiger partial charge in [0.15, 0.2) is 0 Å². The van der Waals surface area contributed by atoms with Crippen LogP contribution in [0, 0.1) is 0 Å². The van der Waals surface area contributed by atoms with E-state index in [-0.39, 0.29) is 1.43 Å². The van der Waals surface area contributed by atoms with Gasteiger partial charge in [0.25, 0.3) is 0 Å². The maximum atomic E-state index is 4.12. The third-order valence-corrected chi connectivity index (χ3v) is 2.30. The zero-order valence-corrected chi connectivity index (χ0v) is 9.01. The Kier molecular flexibility index (Phi) is 4.17. The molecule has 0 radical (unpaired) electrons. The molecule has 0 aliphatic carbocycles. The molecule has 0 spiro atoms. The zero-order valence-electron chi connectivity index (χ0n) is 9.01. The van der Waals surface area contributed by atoms with E-state index in [1.54, 1.807) is 6.20 Å². The van der Waals surface area contributed by atoms with Gasteiger partial charge in [0.1, 0.15) is 0 Å². The van der Waals surface area contributed by atoms with Gasteiger partial charge in [0.05, 0.1) is 0 Å². The van der Waals surface area contributed by atoms with Crippen molar-refractivity contribution in [1.29, 1.82) is 0 Å². The number of anilines is 1. The van der Waals surface area contributed by atoms with Gasteiger partial charge in [-0.25, -0.2) is 0 Å². The Bertz CT molecular complexity index is 310. The fourth-order valence-electron chi connectivity index (χ4n) is 1.42. The van der Waals surface area contributed by atoms with Crippen molar-refractivity contribution in [2.75, 3.05) is 12.4 Å². The van der Waals surface area contributed by atoms with Gasteiger partial charge in [-0.1, -0.05) is 19.9 Å². The van der Waals surface area contributed by atoms with Crippen molar-refractivity contribution in [3.63, 3.8) is 0 Å². The van der Waals surface area contributed by atoms with Gasteiger partial charge in [-0.15, -0.1) is 0 Å². The quantitative estimate of drug-likeness (QED) is 0.771. The Morgan fingerprint density at radius 2 is 2.43 bits per heavy atom. The lowest BCUT2D eigenvalue weighted by Crippen LogP contribution is -1.95. The molecule has 2 heteroatoms. The lowest BCUT2D eigenvalue weighted by molar-refractivity contribution is 0.825. The van der Waals surface area contributed by atoms with Crippen molar-refractivity contribution < 1.29 is 1.43 Å². The maximum Gasteiger partial charge on any atom is 0.0444 e. The molecule has 1 heterocycles. The second kappa shape index (κ2) is 5.43. The van der Waals surface area contributed by atoms with Crippen LogP contribution in [0.15, 0.2) is 25.0 Å². The molecule has 1 rings (SSSR count). The highest BCUT2D eigenvalue weighted by atomic mass is 14.8. The lowest BCUT2D eigenvalue weighted by atomic mass is 10.0. The van der Waals surface area contributed by atoms with Crippen LogP contribution in [-0.4, -0.2) is 12.0 Å². The molecule has 0 aliphatic rings. The van der Waals surface area contributed by atoms with E-state index in [0.29, 0.717) is 0 Å². The first-order chi connectivity index (χ1) is 6.79. The van der Waals surface area contributed by atoms with Crippen molar-refractivity contribution >= 4 is 11.3 Å². The number of allylic oxidation sites excluding steroid dienone is 1. The van der Waals surface area contributed by atoms with Gasteiger partial charge in [0, 0.05) is 32.1 Å². The van der Waals surface area contributed by atoms with Crippen LogP contribution < -0.4 is 5.32 Å². The molecule has 2 nitrogen and oxygen atoms in total. The van der Waals surface area contributed by atoms with Crippen molar-refractivity contribution in [2.24, 2.45) is 0 Å². The predicted molar refractivity (Wildman–Crippen MR) is 64.5 cm³/mol. The Morgan fingerprint density at radius 3 is 3.07 bits per heavy atom. The molecule has 1 aromatic heterocycles. The highest BCUT2D eigenvalue weighted by molar-refractivity contribution is 5.73. The second-order valence-corrected chi connectivity index (χ2v) is 3.38. The largest absolute Gasteiger partial charge is 0.388 e. The van der Waals surface area contributed by atoms with Crippen LogP contribution in [0.4, 0.5) is 5.69 Å². The summed E-state index contributed by atoms with van der Waals surface area (Å²) in [7, 11) is 1.92. The fraction of sp³-hybridized carbons (Fsp3) is 0.417. The van der Waals surface area contributed by atoms with Gasteiger partial charge in [-0.2, -0.15) is 0 Å². The van der Waals surface area contributed by atoms with Crippen molar-refractivity contribution in [1.82, 2.24) is 4.98 Å². The standard InChI is InChI=1S/C12H18N2.H2/c1-4-5-6-10(2)11-9-14-8-7-12(11)13-3;/h7-9H,2,4-6H2,1,3H3,(H,13,14);1H. The first kappa shape index (κ1) is 10.8. The van der Waals surface area contributed by atoms with E-state index < -0.39 is 0 Å². The van der Waals surface area contributed by atoms with E-state index in [9.17, 15) is 0 Å². The minimum Gasteiger partial charge on any atom is -0.388 e. The monoisotopic (exact) mass is 192 g/mol. The number of nitrogens with zero attached hydrogens (tertiary/aromatic N) is 1. The van der Waals surface area contributed by atoms with Crippen molar-refractivity contribution in [3.05, 3.63) is 30.6 Å². The summed E-state index contributed by atoms with van der Waals surface area (Å²) in [5.74, 6) is 0. The highest BCUT2D eigenvalue weighted by Crippen LogP contribution is 2.24. The van der Waals surface area contributed by atoms with Crippen LogP contribution in [0.25, 0.3) is 5.57 Å². The summed E-state index contributed by atoms with van der Waals surface area (Å²) in [5, 5.41) is 3.15. The van der Waals surface area contributed by atoms with E-state index >= 15 is 0 Å². The first-order valence-corrected chi connectivity index (χ1v) is 5.09. The molecule has 1 aromatic rings. The normalized spacial score (nSPS) is 9.86. The third kappa shape index (κ3) is 2.59. The van der Waals surface area contributed by atoms with Crippen LogP contribution in [0.2, 0.25) is 0 Å². The molecule has 0 aromatic carbocycles. The Morgan fingerprint density at radius 1 is 1.64 bits per heavy atom. The van der Waals surface area contributed by atoms with Crippen molar-refractivity contribution in [3.8, 4) is 0 Å². The summed E-state index contributed by atoms with van der Waals surface area (Å²) in [5.41, 5.74) is 3.42. The molecule has 0 amide bonds. The molecule has 1 N–H and O–H groups in total. The molecule has 0 fully saturated rings. The molecular weight excluding hydrogens is 172 g/mol. The number of aromatic nitrogens is 1. The molecule has 0 unspecified atom stereocenters. The van der Waals surface area contributed by atoms with Gasteiger partial charge in [-0.05, 0) is 24.5 Å². The minimum atomic E-state index is 0. The fourth-order valence-corrected chi connectivity index (χ4v) is 1.42. The van der Waals surface area contributed by atoms with E-state index in [0.717, 1.165) is 17.7 Å². The lowest BCUT2D eigenvalue weighted by Gasteiger charge is -2.10. The van der Waals surface area contributed by atoms with Crippen molar-refractivity contribution in [2.45, 2.75) is 26.2 Å². The smallest absolute Gasteiger partial charge is 0.0444 e. The number of unbranched alkanes of at least 4 members (excludes halogenated alkanes) is 1. The third-order valence-electron chi connectivity index (χ3n) is 2.30. The molecule has 14 heavy (non-hydrogen) atoms. The number of hydrogen-bond acceptors (Lipinski definition) is 2. The Labute approximate surface area is 87.6 Å². The molecule has 0 bridgehead atoms. The van der Waals surface area contributed by atoms with Gasteiger partial charge in [0.2, 0.25) is 0 Å². The first-order valence-electron chi connectivity index (χ1n) is 5.09. The number of hydrogen-bond donors (Lipinski definition) is 1. The van der Waals surface area contributed by atoms with E-state index in [1.165, 1.54) is 18.4 Å². The predicted octanol–water partition coefficient (Wildman–Crippen LogP) is 3.57. The summed E-state index contributed by atoms with van der Waals surface area (Å²) in [6.45, 7) is 6.28. The molecule has 0 saturated carbocycles. The van der Waals surface area contributed by atoms with Gasteiger partial charge < -0.3 is 5.32 Å². The molecular formula is C12H20N2.